The summed E-state index contributed by atoms with van der Waals surface area (Å²) in [4.78, 5) is 21.7. The predicted octanol–water partition coefficient (Wildman–Crippen LogP) is 1.98. The van der Waals surface area contributed by atoms with Crippen molar-refractivity contribution >= 4 is 35.6 Å². The summed E-state index contributed by atoms with van der Waals surface area (Å²) in [6.45, 7) is 3.97. The minimum absolute atomic E-state index is 0. The molecule has 3 rings (SSSR count). The molecule has 126 valence electrons. The van der Waals surface area contributed by atoms with Crippen molar-refractivity contribution in [1.82, 2.24) is 25.1 Å². The second-order valence-electron chi connectivity index (χ2n) is 5.38. The summed E-state index contributed by atoms with van der Waals surface area (Å²) in [5.74, 6) is 1.52. The van der Waals surface area contributed by atoms with Gasteiger partial charge in [0.15, 0.2) is 5.82 Å². The van der Waals surface area contributed by atoms with Gasteiger partial charge in [0, 0.05) is 13.0 Å². The summed E-state index contributed by atoms with van der Waals surface area (Å²) < 4.78 is 1.64. The highest BCUT2D eigenvalue weighted by atomic mass is 35.5. The zero-order chi connectivity index (χ0) is 15.5. The van der Waals surface area contributed by atoms with Gasteiger partial charge in [-0.15, -0.1) is 23.7 Å². The van der Waals surface area contributed by atoms with Gasteiger partial charge < -0.3 is 5.32 Å². The maximum atomic E-state index is 12.4. The Morgan fingerprint density at radius 2 is 2.22 bits per heavy atom. The molecule has 0 unspecified atom stereocenters. The van der Waals surface area contributed by atoms with Crippen LogP contribution in [-0.2, 0) is 13.5 Å². The monoisotopic (exact) mass is 356 g/mol. The Bertz CT molecular complexity index is 664. The van der Waals surface area contributed by atoms with Gasteiger partial charge in [-0.1, -0.05) is 6.92 Å². The van der Waals surface area contributed by atoms with Crippen molar-refractivity contribution in [2.24, 2.45) is 7.05 Å². The number of thiazole rings is 1. The van der Waals surface area contributed by atoms with Crippen LogP contribution in [0.2, 0.25) is 0 Å². The van der Waals surface area contributed by atoms with Crippen LogP contribution in [0.5, 0.6) is 0 Å². The average molecular weight is 357 g/mol. The summed E-state index contributed by atoms with van der Waals surface area (Å²) >= 11 is 1.35. The van der Waals surface area contributed by atoms with Crippen molar-refractivity contribution in [3.63, 3.8) is 0 Å². The second kappa shape index (κ2) is 7.85. The second-order valence-corrected chi connectivity index (χ2v) is 6.23. The fourth-order valence-electron chi connectivity index (χ4n) is 2.63. The summed E-state index contributed by atoms with van der Waals surface area (Å²) in [5, 5.41) is 10.6. The predicted molar refractivity (Wildman–Crippen MR) is 92.5 cm³/mol. The highest BCUT2D eigenvalue weighted by Crippen LogP contribution is 2.23. The lowest BCUT2D eigenvalue weighted by atomic mass is 9.98. The molecule has 2 N–H and O–H groups in total. The number of rotatable bonds is 4. The first-order chi connectivity index (χ1) is 10.7. The molecular formula is C14H21ClN6OS. The fraction of sp³-hybridized carbons (Fsp3) is 0.571. The van der Waals surface area contributed by atoms with Crippen LogP contribution >= 0.6 is 23.7 Å². The third kappa shape index (κ3) is 3.88. The molecule has 1 aliphatic heterocycles. The number of hydrogen-bond donors (Lipinski definition) is 2. The minimum atomic E-state index is -0.160. The zero-order valence-electron chi connectivity index (χ0n) is 13.2. The molecular weight excluding hydrogens is 336 g/mol. The average Bonchev–Trinajstić information content (AvgIpc) is 3.15. The molecule has 0 spiro atoms. The summed E-state index contributed by atoms with van der Waals surface area (Å²) in [6, 6.07) is 0. The number of carbonyl (C=O) groups excluding carboxylic acids is 1. The van der Waals surface area contributed by atoms with Crippen molar-refractivity contribution < 1.29 is 4.79 Å². The van der Waals surface area contributed by atoms with Gasteiger partial charge in [-0.2, -0.15) is 10.1 Å². The highest BCUT2D eigenvalue weighted by molar-refractivity contribution is 7.12. The first kappa shape index (κ1) is 17.8. The van der Waals surface area contributed by atoms with E-state index >= 15 is 0 Å². The van der Waals surface area contributed by atoms with E-state index in [0.717, 1.165) is 43.9 Å². The van der Waals surface area contributed by atoms with Crippen LogP contribution in [0.1, 0.15) is 46.9 Å². The first-order valence-electron chi connectivity index (χ1n) is 7.54. The van der Waals surface area contributed by atoms with Crippen LogP contribution < -0.4 is 10.6 Å². The third-order valence-electron chi connectivity index (χ3n) is 3.89. The van der Waals surface area contributed by atoms with Gasteiger partial charge in [0.1, 0.15) is 4.88 Å². The van der Waals surface area contributed by atoms with Gasteiger partial charge in [-0.05, 0) is 32.4 Å². The fourth-order valence-corrected chi connectivity index (χ4v) is 3.41. The lowest BCUT2D eigenvalue weighted by molar-refractivity contribution is 0.102. The maximum absolute atomic E-state index is 12.4. The molecule has 1 aliphatic rings. The van der Waals surface area contributed by atoms with Crippen molar-refractivity contribution in [2.75, 3.05) is 18.4 Å². The van der Waals surface area contributed by atoms with Gasteiger partial charge >= 0.3 is 0 Å². The standard InChI is InChI=1S/C14H20N6OS.ClH/c1-3-10-11(22-8-16-10)13(21)18-14-17-12(19-20(14)2)9-4-6-15-7-5-9;/h8-9,15H,3-7H2,1-2H3,(H,17,18,19,21);1H. The molecule has 0 saturated carbocycles. The molecule has 1 amide bonds. The minimum Gasteiger partial charge on any atom is -0.317 e. The van der Waals surface area contributed by atoms with E-state index < -0.39 is 0 Å². The number of hydrogen-bond acceptors (Lipinski definition) is 6. The lowest BCUT2D eigenvalue weighted by Crippen LogP contribution is -2.27. The Hall–Kier alpha value is -1.51. The summed E-state index contributed by atoms with van der Waals surface area (Å²) in [6.07, 6.45) is 2.81. The quantitative estimate of drug-likeness (QED) is 0.874. The van der Waals surface area contributed by atoms with Crippen LogP contribution in [-0.4, -0.2) is 38.7 Å². The van der Waals surface area contributed by atoms with E-state index in [1.165, 1.54) is 11.3 Å². The molecule has 0 atom stereocenters. The number of anilines is 1. The Labute approximate surface area is 145 Å². The molecule has 1 saturated heterocycles. The number of aryl methyl sites for hydroxylation is 2. The molecule has 7 nitrogen and oxygen atoms in total. The van der Waals surface area contributed by atoms with E-state index in [1.54, 1.807) is 17.2 Å². The van der Waals surface area contributed by atoms with E-state index in [-0.39, 0.29) is 18.3 Å². The molecule has 0 aliphatic carbocycles. The van der Waals surface area contributed by atoms with Crippen LogP contribution in [0, 0.1) is 0 Å². The first-order valence-corrected chi connectivity index (χ1v) is 8.42. The Kier molecular flexibility index (Phi) is 6.09. The zero-order valence-corrected chi connectivity index (χ0v) is 14.8. The van der Waals surface area contributed by atoms with E-state index in [2.05, 4.69) is 25.7 Å². The van der Waals surface area contributed by atoms with Crippen LogP contribution in [0.4, 0.5) is 5.95 Å². The third-order valence-corrected chi connectivity index (χ3v) is 4.76. The summed E-state index contributed by atoms with van der Waals surface area (Å²) in [5.41, 5.74) is 2.52. The van der Waals surface area contributed by atoms with E-state index in [1.807, 2.05) is 6.92 Å². The van der Waals surface area contributed by atoms with E-state index in [0.29, 0.717) is 16.7 Å². The van der Waals surface area contributed by atoms with Crippen molar-refractivity contribution in [3.8, 4) is 0 Å². The molecule has 0 aromatic carbocycles. The molecule has 0 bridgehead atoms. The van der Waals surface area contributed by atoms with E-state index in [4.69, 9.17) is 0 Å². The maximum Gasteiger partial charge on any atom is 0.270 e. The number of halogens is 1. The largest absolute Gasteiger partial charge is 0.317 e. The van der Waals surface area contributed by atoms with Crippen molar-refractivity contribution in [2.45, 2.75) is 32.1 Å². The van der Waals surface area contributed by atoms with Crippen molar-refractivity contribution in [3.05, 3.63) is 21.9 Å². The lowest BCUT2D eigenvalue weighted by Gasteiger charge is -2.19. The van der Waals surface area contributed by atoms with Gasteiger partial charge in [0.05, 0.1) is 11.2 Å². The topological polar surface area (TPSA) is 84.7 Å². The number of carbonyl (C=O) groups is 1. The van der Waals surface area contributed by atoms with Gasteiger partial charge in [0.25, 0.3) is 5.91 Å². The molecule has 2 aromatic rings. The molecule has 1 fully saturated rings. The summed E-state index contributed by atoms with van der Waals surface area (Å²) in [7, 11) is 1.81. The number of nitrogens with one attached hydrogen (secondary N) is 2. The van der Waals surface area contributed by atoms with E-state index in [9.17, 15) is 4.79 Å². The number of nitrogens with zero attached hydrogens (tertiary/aromatic N) is 4. The van der Waals surface area contributed by atoms with Gasteiger partial charge in [-0.3, -0.25) is 10.1 Å². The normalized spacial score (nSPS) is 15.2. The molecule has 9 heteroatoms. The van der Waals surface area contributed by atoms with Gasteiger partial charge in [-0.25, -0.2) is 9.67 Å². The van der Waals surface area contributed by atoms with Crippen LogP contribution in [0.3, 0.4) is 0 Å². The Morgan fingerprint density at radius 3 is 2.91 bits per heavy atom. The van der Waals surface area contributed by atoms with Gasteiger partial charge in [0.2, 0.25) is 5.95 Å². The molecule has 0 radical (unpaired) electrons. The Balaban J connectivity index is 0.00000192. The number of piperidine rings is 1. The number of amides is 1. The van der Waals surface area contributed by atoms with Crippen LogP contribution in [0.15, 0.2) is 5.51 Å². The highest BCUT2D eigenvalue weighted by Gasteiger charge is 2.22. The molecule has 2 aromatic heterocycles. The van der Waals surface area contributed by atoms with Crippen LogP contribution in [0.25, 0.3) is 0 Å². The smallest absolute Gasteiger partial charge is 0.270 e. The molecule has 3 heterocycles. The number of aromatic nitrogens is 4. The molecule has 23 heavy (non-hydrogen) atoms. The van der Waals surface area contributed by atoms with Crippen molar-refractivity contribution in [1.29, 1.82) is 0 Å². The Morgan fingerprint density at radius 1 is 1.48 bits per heavy atom. The SMILES string of the molecule is CCc1ncsc1C(=O)Nc1nc(C2CCNCC2)nn1C.Cl.